The summed E-state index contributed by atoms with van der Waals surface area (Å²) in [6.45, 7) is 12.0. The van der Waals surface area contributed by atoms with Gasteiger partial charge in [-0.15, -0.1) is 0 Å². The molecule has 1 aromatic rings. The van der Waals surface area contributed by atoms with Crippen LogP contribution in [0.25, 0.3) is 0 Å². The van der Waals surface area contributed by atoms with Crippen LogP contribution in [0.5, 0.6) is 0 Å². The number of imidazole rings is 1. The Labute approximate surface area is 123 Å². The summed E-state index contributed by atoms with van der Waals surface area (Å²) in [5, 5.41) is 0. The maximum atomic E-state index is 6.12. The quantitative estimate of drug-likeness (QED) is 0.795. The van der Waals surface area contributed by atoms with E-state index in [-0.39, 0.29) is 0 Å². The Kier molecular flexibility index (Phi) is 5.22. The van der Waals surface area contributed by atoms with Gasteiger partial charge in [-0.05, 0) is 24.7 Å². The summed E-state index contributed by atoms with van der Waals surface area (Å²) >= 11 is 0. The van der Waals surface area contributed by atoms with Gasteiger partial charge in [-0.1, -0.05) is 27.7 Å². The standard InChI is InChI=1S/C16H30N4/c1-12(2)9-19(10-13(3)4)15(7-17)16-8-18-11-20(16)14-5-6-14/h8,11-15H,5-7,9-10,17H2,1-4H3. The molecule has 20 heavy (non-hydrogen) atoms. The molecule has 0 aromatic carbocycles. The molecule has 114 valence electrons. The molecule has 1 heterocycles. The second-order valence-electron chi connectivity index (χ2n) is 6.95. The Balaban J connectivity index is 2.19. The first-order valence-corrected chi connectivity index (χ1v) is 7.98. The Bertz CT molecular complexity index is 396. The molecule has 1 aliphatic carbocycles. The zero-order valence-corrected chi connectivity index (χ0v) is 13.4. The van der Waals surface area contributed by atoms with Crippen LogP contribution >= 0.6 is 0 Å². The van der Waals surface area contributed by atoms with Gasteiger partial charge in [-0.3, -0.25) is 4.90 Å². The first-order chi connectivity index (χ1) is 9.52. The van der Waals surface area contributed by atoms with Crippen molar-refractivity contribution in [1.29, 1.82) is 0 Å². The van der Waals surface area contributed by atoms with Crippen LogP contribution in [0.1, 0.15) is 58.3 Å². The van der Waals surface area contributed by atoms with E-state index >= 15 is 0 Å². The van der Waals surface area contributed by atoms with Crippen LogP contribution in [0.2, 0.25) is 0 Å². The molecule has 2 rings (SSSR count). The van der Waals surface area contributed by atoms with Gasteiger partial charge < -0.3 is 10.3 Å². The van der Waals surface area contributed by atoms with E-state index in [4.69, 9.17) is 5.73 Å². The molecule has 1 saturated carbocycles. The molecule has 1 aliphatic rings. The Morgan fingerprint density at radius 3 is 2.30 bits per heavy atom. The molecular formula is C16H30N4. The van der Waals surface area contributed by atoms with Gasteiger partial charge in [0.25, 0.3) is 0 Å². The minimum atomic E-state index is 0.294. The summed E-state index contributed by atoms with van der Waals surface area (Å²) < 4.78 is 2.35. The number of aromatic nitrogens is 2. The van der Waals surface area contributed by atoms with Crippen LogP contribution in [-0.2, 0) is 0 Å². The van der Waals surface area contributed by atoms with E-state index in [2.05, 4.69) is 42.1 Å². The highest BCUT2D eigenvalue weighted by atomic mass is 15.2. The average molecular weight is 278 g/mol. The zero-order valence-electron chi connectivity index (χ0n) is 13.4. The predicted molar refractivity (Wildman–Crippen MR) is 83.5 cm³/mol. The Morgan fingerprint density at radius 2 is 1.85 bits per heavy atom. The minimum absolute atomic E-state index is 0.294. The summed E-state index contributed by atoms with van der Waals surface area (Å²) in [6.07, 6.45) is 6.58. The lowest BCUT2D eigenvalue weighted by Gasteiger charge is -2.34. The molecule has 0 spiro atoms. The van der Waals surface area contributed by atoms with Gasteiger partial charge in [-0.25, -0.2) is 4.98 Å². The van der Waals surface area contributed by atoms with E-state index in [9.17, 15) is 0 Å². The van der Waals surface area contributed by atoms with Crippen molar-refractivity contribution in [3.05, 3.63) is 18.2 Å². The van der Waals surface area contributed by atoms with Crippen molar-refractivity contribution in [2.45, 2.75) is 52.6 Å². The van der Waals surface area contributed by atoms with Gasteiger partial charge in [0.15, 0.2) is 0 Å². The van der Waals surface area contributed by atoms with Gasteiger partial charge in [0, 0.05) is 31.9 Å². The molecule has 1 atom stereocenters. The Morgan fingerprint density at radius 1 is 1.25 bits per heavy atom. The van der Waals surface area contributed by atoms with Crippen LogP contribution in [-0.4, -0.2) is 34.1 Å². The van der Waals surface area contributed by atoms with Crippen molar-refractivity contribution in [3.8, 4) is 0 Å². The molecule has 4 nitrogen and oxygen atoms in total. The molecule has 2 N–H and O–H groups in total. The minimum Gasteiger partial charge on any atom is -0.330 e. The van der Waals surface area contributed by atoms with Crippen molar-refractivity contribution in [2.75, 3.05) is 19.6 Å². The lowest BCUT2D eigenvalue weighted by Crippen LogP contribution is -2.39. The number of hydrogen-bond donors (Lipinski definition) is 1. The second kappa shape index (κ2) is 6.72. The maximum Gasteiger partial charge on any atom is 0.0951 e. The monoisotopic (exact) mass is 278 g/mol. The summed E-state index contributed by atoms with van der Waals surface area (Å²) in [4.78, 5) is 6.92. The fraction of sp³-hybridized carbons (Fsp3) is 0.812. The molecule has 4 heteroatoms. The molecule has 0 saturated heterocycles. The molecule has 1 aromatic heterocycles. The highest BCUT2D eigenvalue weighted by Gasteiger charge is 2.30. The third kappa shape index (κ3) is 3.83. The molecule has 0 bridgehead atoms. The number of hydrogen-bond acceptors (Lipinski definition) is 3. The van der Waals surface area contributed by atoms with Crippen molar-refractivity contribution in [3.63, 3.8) is 0 Å². The number of rotatable bonds is 8. The smallest absolute Gasteiger partial charge is 0.0951 e. The van der Waals surface area contributed by atoms with E-state index in [1.165, 1.54) is 18.5 Å². The first kappa shape index (κ1) is 15.5. The van der Waals surface area contributed by atoms with E-state index < -0.39 is 0 Å². The van der Waals surface area contributed by atoms with Gasteiger partial charge >= 0.3 is 0 Å². The normalized spacial score (nSPS) is 17.4. The van der Waals surface area contributed by atoms with Gasteiger partial charge in [0.1, 0.15) is 0 Å². The maximum absolute atomic E-state index is 6.12. The second-order valence-corrected chi connectivity index (χ2v) is 6.95. The van der Waals surface area contributed by atoms with E-state index in [1.807, 2.05) is 12.5 Å². The Hall–Kier alpha value is -0.870. The summed E-state index contributed by atoms with van der Waals surface area (Å²) in [5.41, 5.74) is 7.43. The molecule has 0 amide bonds. The van der Waals surface area contributed by atoms with Crippen molar-refractivity contribution >= 4 is 0 Å². The first-order valence-electron chi connectivity index (χ1n) is 7.98. The van der Waals surface area contributed by atoms with Gasteiger partial charge in [0.05, 0.1) is 18.1 Å². The van der Waals surface area contributed by atoms with Crippen molar-refractivity contribution in [1.82, 2.24) is 14.5 Å². The lowest BCUT2D eigenvalue weighted by molar-refractivity contribution is 0.154. The predicted octanol–water partition coefficient (Wildman–Crippen LogP) is 2.83. The van der Waals surface area contributed by atoms with Crippen LogP contribution in [0.3, 0.4) is 0 Å². The highest BCUT2D eigenvalue weighted by Crippen LogP contribution is 2.37. The van der Waals surface area contributed by atoms with Crippen LogP contribution in [0.15, 0.2) is 12.5 Å². The van der Waals surface area contributed by atoms with Gasteiger partial charge in [0.2, 0.25) is 0 Å². The fourth-order valence-electron chi connectivity index (χ4n) is 2.95. The van der Waals surface area contributed by atoms with Crippen molar-refractivity contribution < 1.29 is 0 Å². The fourth-order valence-corrected chi connectivity index (χ4v) is 2.95. The topological polar surface area (TPSA) is 47.1 Å². The highest BCUT2D eigenvalue weighted by molar-refractivity contribution is 5.10. The molecular weight excluding hydrogens is 248 g/mol. The van der Waals surface area contributed by atoms with Crippen LogP contribution in [0.4, 0.5) is 0 Å². The van der Waals surface area contributed by atoms with Crippen LogP contribution in [0, 0.1) is 11.8 Å². The van der Waals surface area contributed by atoms with Crippen molar-refractivity contribution in [2.24, 2.45) is 17.6 Å². The van der Waals surface area contributed by atoms with Crippen LogP contribution < -0.4 is 5.73 Å². The molecule has 1 fully saturated rings. The lowest BCUT2D eigenvalue weighted by atomic mass is 10.1. The SMILES string of the molecule is CC(C)CN(CC(C)C)C(CN)c1cncn1C1CC1. The zero-order chi connectivity index (χ0) is 14.7. The summed E-state index contributed by atoms with van der Waals surface area (Å²) in [6, 6.07) is 0.962. The molecule has 0 radical (unpaired) electrons. The third-order valence-corrected chi connectivity index (χ3v) is 3.84. The molecule has 1 unspecified atom stereocenters. The van der Waals surface area contributed by atoms with Gasteiger partial charge in [-0.2, -0.15) is 0 Å². The van der Waals surface area contributed by atoms with E-state index in [1.54, 1.807) is 0 Å². The summed E-state index contributed by atoms with van der Waals surface area (Å²) in [7, 11) is 0. The number of nitrogens with two attached hydrogens (primary N) is 1. The number of nitrogens with zero attached hydrogens (tertiary/aromatic N) is 3. The molecule has 0 aliphatic heterocycles. The average Bonchev–Trinajstić information content (AvgIpc) is 3.08. The largest absolute Gasteiger partial charge is 0.330 e. The third-order valence-electron chi connectivity index (χ3n) is 3.84. The summed E-state index contributed by atoms with van der Waals surface area (Å²) in [5.74, 6) is 1.31. The van der Waals surface area contributed by atoms with E-state index in [0.29, 0.717) is 30.5 Å². The van der Waals surface area contributed by atoms with E-state index in [0.717, 1.165) is 13.1 Å².